The molecule has 1 saturated carbocycles. The Morgan fingerprint density at radius 3 is 3.11 bits per heavy atom. The Morgan fingerprint density at radius 1 is 1.50 bits per heavy atom. The smallest absolute Gasteiger partial charge is 0.165 e. The van der Waals surface area contributed by atoms with Crippen molar-refractivity contribution in [2.75, 3.05) is 26.5 Å². The highest BCUT2D eigenvalue weighted by Crippen LogP contribution is 2.35. The maximum atomic E-state index is 5.00. The first-order valence-corrected chi connectivity index (χ1v) is 7.63. The summed E-state index contributed by atoms with van der Waals surface area (Å²) in [5, 5.41) is 16.1. The van der Waals surface area contributed by atoms with Crippen LogP contribution in [0.3, 0.4) is 0 Å². The monoisotopic (exact) mass is 271 g/mol. The Bertz CT molecular complexity index is 359. The number of nitrogens with zero attached hydrogens (tertiary/aromatic N) is 4. The van der Waals surface area contributed by atoms with E-state index in [-0.39, 0.29) is 0 Å². The highest BCUT2D eigenvalue weighted by Gasteiger charge is 2.27. The zero-order chi connectivity index (χ0) is 12.8. The minimum absolute atomic E-state index is 0.469. The number of rotatable bonds is 7. The molecule has 6 nitrogen and oxygen atoms in total. The van der Waals surface area contributed by atoms with E-state index in [2.05, 4.69) is 27.1 Å². The molecule has 2 atom stereocenters. The lowest BCUT2D eigenvalue weighted by Crippen LogP contribution is -2.22. The summed E-state index contributed by atoms with van der Waals surface area (Å²) in [5.74, 6) is 0.929. The molecule has 1 aromatic heterocycles. The van der Waals surface area contributed by atoms with Gasteiger partial charge >= 0.3 is 0 Å². The van der Waals surface area contributed by atoms with Crippen LogP contribution in [0.15, 0.2) is 0 Å². The van der Waals surface area contributed by atoms with Gasteiger partial charge < -0.3 is 10.1 Å². The first kappa shape index (κ1) is 13.8. The molecular weight excluding hydrogens is 250 g/mol. The molecule has 1 aliphatic rings. The van der Waals surface area contributed by atoms with Crippen LogP contribution in [0.1, 0.15) is 31.1 Å². The molecule has 0 radical (unpaired) electrons. The van der Waals surface area contributed by atoms with Gasteiger partial charge in [0.15, 0.2) is 5.82 Å². The SMILES string of the molecule is COCCNCc1nnnn1C1CCC(SC)C1. The molecule has 0 aliphatic heterocycles. The number of thioether (sulfide) groups is 1. The summed E-state index contributed by atoms with van der Waals surface area (Å²) in [6.07, 6.45) is 5.81. The molecule has 2 unspecified atom stereocenters. The summed E-state index contributed by atoms with van der Waals surface area (Å²) in [7, 11) is 1.70. The first-order valence-electron chi connectivity index (χ1n) is 6.34. The topological polar surface area (TPSA) is 64.9 Å². The first-order chi connectivity index (χ1) is 8.85. The van der Waals surface area contributed by atoms with E-state index in [9.17, 15) is 0 Å². The Kier molecular flexibility index (Phi) is 5.40. The fourth-order valence-electron chi connectivity index (χ4n) is 2.34. The predicted molar refractivity (Wildman–Crippen MR) is 71.6 cm³/mol. The summed E-state index contributed by atoms with van der Waals surface area (Å²) >= 11 is 1.95. The summed E-state index contributed by atoms with van der Waals surface area (Å²) in [4.78, 5) is 0. The molecule has 1 N–H and O–H groups in total. The molecule has 0 saturated heterocycles. The van der Waals surface area contributed by atoms with E-state index in [1.165, 1.54) is 19.3 Å². The zero-order valence-corrected chi connectivity index (χ0v) is 11.8. The number of methoxy groups -OCH3 is 1. The molecule has 1 aliphatic carbocycles. The van der Waals surface area contributed by atoms with Gasteiger partial charge in [0.05, 0.1) is 19.2 Å². The van der Waals surface area contributed by atoms with E-state index in [1.807, 2.05) is 16.4 Å². The van der Waals surface area contributed by atoms with Gasteiger partial charge in [0.2, 0.25) is 0 Å². The molecule has 7 heteroatoms. The maximum Gasteiger partial charge on any atom is 0.165 e. The minimum Gasteiger partial charge on any atom is -0.383 e. The Morgan fingerprint density at radius 2 is 2.39 bits per heavy atom. The quantitative estimate of drug-likeness (QED) is 0.742. The molecule has 18 heavy (non-hydrogen) atoms. The third-order valence-corrected chi connectivity index (χ3v) is 4.46. The Labute approximate surface area is 112 Å². The van der Waals surface area contributed by atoms with Crippen LogP contribution in [-0.2, 0) is 11.3 Å². The van der Waals surface area contributed by atoms with E-state index in [0.29, 0.717) is 19.2 Å². The van der Waals surface area contributed by atoms with Gasteiger partial charge in [0.1, 0.15) is 0 Å². The predicted octanol–water partition coefficient (Wildman–Crippen LogP) is 0.866. The average molecular weight is 271 g/mol. The number of nitrogens with one attached hydrogen (secondary N) is 1. The van der Waals surface area contributed by atoms with Crippen LogP contribution in [0, 0.1) is 0 Å². The lowest BCUT2D eigenvalue weighted by atomic mass is 10.2. The van der Waals surface area contributed by atoms with Gasteiger partial charge in [-0.15, -0.1) is 5.10 Å². The number of hydrogen-bond acceptors (Lipinski definition) is 6. The van der Waals surface area contributed by atoms with Crippen molar-refractivity contribution in [3.05, 3.63) is 5.82 Å². The van der Waals surface area contributed by atoms with Gasteiger partial charge in [0, 0.05) is 18.9 Å². The van der Waals surface area contributed by atoms with E-state index >= 15 is 0 Å². The minimum atomic E-state index is 0.469. The van der Waals surface area contributed by atoms with Gasteiger partial charge in [-0.25, -0.2) is 4.68 Å². The zero-order valence-electron chi connectivity index (χ0n) is 11.0. The van der Waals surface area contributed by atoms with E-state index in [4.69, 9.17) is 4.74 Å². The van der Waals surface area contributed by atoms with Crippen molar-refractivity contribution in [2.24, 2.45) is 0 Å². The highest BCUT2D eigenvalue weighted by molar-refractivity contribution is 7.99. The van der Waals surface area contributed by atoms with Gasteiger partial charge in [-0.05, 0) is 35.9 Å². The molecule has 102 valence electrons. The lowest BCUT2D eigenvalue weighted by Gasteiger charge is -2.12. The number of ether oxygens (including phenoxy) is 1. The van der Waals surface area contributed by atoms with Crippen molar-refractivity contribution in [1.29, 1.82) is 0 Å². The van der Waals surface area contributed by atoms with Gasteiger partial charge in [-0.2, -0.15) is 11.8 Å². The van der Waals surface area contributed by atoms with Crippen LogP contribution in [0.2, 0.25) is 0 Å². The fraction of sp³-hybridized carbons (Fsp3) is 0.909. The molecule has 0 aromatic carbocycles. The third-order valence-electron chi connectivity index (χ3n) is 3.36. The average Bonchev–Trinajstić information content (AvgIpc) is 3.02. The Hall–Kier alpha value is -0.660. The highest BCUT2D eigenvalue weighted by atomic mass is 32.2. The van der Waals surface area contributed by atoms with Crippen LogP contribution >= 0.6 is 11.8 Å². The number of hydrogen-bond donors (Lipinski definition) is 1. The molecule has 1 aromatic rings. The molecule has 0 spiro atoms. The normalized spacial score (nSPS) is 23.7. The number of aromatic nitrogens is 4. The lowest BCUT2D eigenvalue weighted by molar-refractivity contribution is 0.198. The van der Waals surface area contributed by atoms with Gasteiger partial charge in [-0.1, -0.05) is 0 Å². The molecular formula is C11H21N5OS. The Balaban J connectivity index is 1.87. The van der Waals surface area contributed by atoms with Crippen LogP contribution in [-0.4, -0.2) is 52.0 Å². The largest absolute Gasteiger partial charge is 0.383 e. The van der Waals surface area contributed by atoms with E-state index < -0.39 is 0 Å². The summed E-state index contributed by atoms with van der Waals surface area (Å²) < 4.78 is 6.99. The summed E-state index contributed by atoms with van der Waals surface area (Å²) in [5.41, 5.74) is 0. The summed E-state index contributed by atoms with van der Waals surface area (Å²) in [6.45, 7) is 2.23. The van der Waals surface area contributed by atoms with Gasteiger partial charge in [0.25, 0.3) is 0 Å². The second-order valence-electron chi connectivity index (χ2n) is 4.53. The van der Waals surface area contributed by atoms with Gasteiger partial charge in [-0.3, -0.25) is 0 Å². The van der Waals surface area contributed by atoms with Crippen molar-refractivity contribution in [3.8, 4) is 0 Å². The fourth-order valence-corrected chi connectivity index (χ4v) is 3.13. The van der Waals surface area contributed by atoms with Crippen molar-refractivity contribution < 1.29 is 4.74 Å². The van der Waals surface area contributed by atoms with Crippen LogP contribution < -0.4 is 5.32 Å². The second-order valence-corrected chi connectivity index (χ2v) is 5.67. The van der Waals surface area contributed by atoms with Crippen molar-refractivity contribution in [2.45, 2.75) is 37.1 Å². The van der Waals surface area contributed by atoms with Crippen LogP contribution in [0.4, 0.5) is 0 Å². The molecule has 0 amide bonds. The molecule has 1 heterocycles. The second kappa shape index (κ2) is 7.06. The van der Waals surface area contributed by atoms with Crippen molar-refractivity contribution in [1.82, 2.24) is 25.5 Å². The molecule has 0 bridgehead atoms. The van der Waals surface area contributed by atoms with Crippen molar-refractivity contribution >= 4 is 11.8 Å². The number of tetrazole rings is 1. The van der Waals surface area contributed by atoms with E-state index in [1.54, 1.807) is 7.11 Å². The third kappa shape index (κ3) is 3.43. The van der Waals surface area contributed by atoms with Crippen LogP contribution in [0.25, 0.3) is 0 Å². The standard InChI is InChI=1S/C11H21N5OS/c1-17-6-5-12-8-11-13-14-15-16(11)9-3-4-10(7-9)18-2/h9-10,12H,3-8H2,1-2H3. The van der Waals surface area contributed by atoms with Crippen molar-refractivity contribution in [3.63, 3.8) is 0 Å². The van der Waals surface area contributed by atoms with E-state index in [0.717, 1.165) is 17.6 Å². The summed E-state index contributed by atoms with van der Waals surface area (Å²) in [6, 6.07) is 0.469. The van der Waals surface area contributed by atoms with Crippen LogP contribution in [0.5, 0.6) is 0 Å². The maximum absolute atomic E-state index is 5.00. The molecule has 2 rings (SSSR count). The molecule has 1 fully saturated rings.